The molecule has 0 saturated carbocycles. The molecular weight excluding hydrogens is 408 g/mol. The van der Waals surface area contributed by atoms with Gasteiger partial charge < -0.3 is 10.2 Å². The third-order valence-corrected chi connectivity index (χ3v) is 7.43. The second-order valence-electron chi connectivity index (χ2n) is 7.84. The molecule has 9 nitrogen and oxygen atoms in total. The van der Waals surface area contributed by atoms with Crippen LogP contribution in [0, 0.1) is 0 Å². The predicted octanol–water partition coefficient (Wildman–Crippen LogP) is 1.03. The number of rotatable bonds is 4. The van der Waals surface area contributed by atoms with E-state index in [0.717, 1.165) is 17.9 Å². The summed E-state index contributed by atoms with van der Waals surface area (Å²) in [5, 5.41) is 8.10. The number of likely N-dealkylation sites (tertiary alicyclic amines) is 1. The summed E-state index contributed by atoms with van der Waals surface area (Å²) in [5.74, 6) is -1.01. The topological polar surface area (TPSA) is 116 Å². The molecule has 4 rings (SSSR count). The van der Waals surface area contributed by atoms with Gasteiger partial charge in [0.15, 0.2) is 9.84 Å². The van der Waals surface area contributed by atoms with Crippen molar-refractivity contribution in [1.29, 1.82) is 0 Å². The van der Waals surface area contributed by atoms with Crippen LogP contribution in [0.15, 0.2) is 29.4 Å². The summed E-state index contributed by atoms with van der Waals surface area (Å²) >= 11 is 0. The zero-order chi connectivity index (χ0) is 21.3. The molecule has 0 bridgehead atoms. The first-order valence-corrected chi connectivity index (χ1v) is 12.0. The number of anilines is 1. The quantitative estimate of drug-likeness (QED) is 0.763. The van der Waals surface area contributed by atoms with Gasteiger partial charge in [-0.15, -0.1) is 0 Å². The van der Waals surface area contributed by atoms with E-state index < -0.39 is 21.8 Å². The Hall–Kier alpha value is -2.75. The molecule has 3 aliphatic rings. The molecule has 0 unspecified atom stereocenters. The normalized spacial score (nSPS) is 23.4. The number of sulfone groups is 1. The SMILES string of the molecule is O=C(Nc1ccccc1C(=O)N1CCCC1)C1=NN([C@H]2CCS(=O)(=O)C2)C(=O)CC1. The average molecular weight is 433 g/mol. The van der Waals surface area contributed by atoms with Gasteiger partial charge in [0.05, 0.1) is 28.8 Å². The smallest absolute Gasteiger partial charge is 0.271 e. The van der Waals surface area contributed by atoms with Crippen LogP contribution in [0.1, 0.15) is 42.5 Å². The van der Waals surface area contributed by atoms with Crippen LogP contribution >= 0.6 is 0 Å². The Morgan fingerprint density at radius 2 is 1.83 bits per heavy atom. The summed E-state index contributed by atoms with van der Waals surface area (Å²) in [6.07, 6.45) is 2.52. The van der Waals surface area contributed by atoms with Crippen molar-refractivity contribution in [3.05, 3.63) is 29.8 Å². The summed E-state index contributed by atoms with van der Waals surface area (Å²) in [6, 6.07) is 6.29. The van der Waals surface area contributed by atoms with Crippen LogP contribution in [0.25, 0.3) is 0 Å². The Bertz CT molecular complexity index is 1010. The average Bonchev–Trinajstić information content (AvgIpc) is 3.38. The lowest BCUT2D eigenvalue weighted by atomic mass is 10.1. The Morgan fingerprint density at radius 1 is 1.10 bits per heavy atom. The van der Waals surface area contributed by atoms with Crippen molar-refractivity contribution in [2.45, 2.75) is 38.1 Å². The van der Waals surface area contributed by atoms with Gasteiger partial charge in [-0.05, 0) is 31.4 Å². The third kappa shape index (κ3) is 4.23. The number of amides is 3. The fourth-order valence-corrected chi connectivity index (χ4v) is 5.74. The maximum absolute atomic E-state index is 12.8. The van der Waals surface area contributed by atoms with Crippen molar-refractivity contribution < 1.29 is 22.8 Å². The lowest BCUT2D eigenvalue weighted by Crippen LogP contribution is -2.42. The van der Waals surface area contributed by atoms with Crippen LogP contribution in [-0.4, -0.2) is 72.4 Å². The number of nitrogens with zero attached hydrogens (tertiary/aromatic N) is 3. The van der Waals surface area contributed by atoms with Crippen LogP contribution < -0.4 is 5.32 Å². The van der Waals surface area contributed by atoms with Crippen LogP contribution in [-0.2, 0) is 19.4 Å². The molecule has 1 atom stereocenters. The number of nitrogens with one attached hydrogen (secondary N) is 1. The number of hydrogen-bond acceptors (Lipinski definition) is 6. The summed E-state index contributed by atoms with van der Waals surface area (Å²) < 4.78 is 23.5. The first-order valence-electron chi connectivity index (χ1n) is 10.1. The summed E-state index contributed by atoms with van der Waals surface area (Å²) in [5.41, 5.74) is 0.968. The number of para-hydroxylation sites is 1. The van der Waals surface area contributed by atoms with Crippen molar-refractivity contribution in [1.82, 2.24) is 9.91 Å². The minimum absolute atomic E-state index is 0.0183. The van der Waals surface area contributed by atoms with Gasteiger partial charge in [-0.2, -0.15) is 5.10 Å². The lowest BCUT2D eigenvalue weighted by Gasteiger charge is -2.27. The van der Waals surface area contributed by atoms with Gasteiger partial charge in [0.1, 0.15) is 5.71 Å². The van der Waals surface area contributed by atoms with Crippen molar-refractivity contribution in [2.24, 2.45) is 5.10 Å². The summed E-state index contributed by atoms with van der Waals surface area (Å²) in [4.78, 5) is 39.6. The molecule has 1 N–H and O–H groups in total. The van der Waals surface area contributed by atoms with Gasteiger partial charge in [0.25, 0.3) is 11.8 Å². The minimum atomic E-state index is -3.18. The van der Waals surface area contributed by atoms with E-state index in [9.17, 15) is 22.8 Å². The molecule has 1 aromatic carbocycles. The Balaban J connectivity index is 1.52. The first kappa shape index (κ1) is 20.5. The van der Waals surface area contributed by atoms with Crippen molar-refractivity contribution in [3.63, 3.8) is 0 Å². The summed E-state index contributed by atoms with van der Waals surface area (Å²) in [6.45, 7) is 1.41. The first-order chi connectivity index (χ1) is 14.3. The van der Waals surface area contributed by atoms with E-state index >= 15 is 0 Å². The zero-order valence-electron chi connectivity index (χ0n) is 16.5. The molecule has 0 radical (unpaired) electrons. The standard InChI is InChI=1S/C20H24N4O5S/c25-18-8-7-17(22-24(18)14-9-12-30(28,29)13-14)19(26)21-16-6-2-1-5-15(16)20(27)23-10-3-4-11-23/h1-2,5-6,14H,3-4,7-13H2,(H,21,26)/t14-/m0/s1. The Kier molecular flexibility index (Phi) is 5.59. The van der Waals surface area contributed by atoms with Crippen molar-refractivity contribution in [3.8, 4) is 0 Å². The third-order valence-electron chi connectivity index (χ3n) is 5.67. The molecule has 1 aromatic rings. The van der Waals surface area contributed by atoms with Gasteiger partial charge in [-0.3, -0.25) is 14.4 Å². The number of hydrazone groups is 1. The molecular formula is C20H24N4O5S. The van der Waals surface area contributed by atoms with Crippen LogP contribution in [0.2, 0.25) is 0 Å². The molecule has 2 saturated heterocycles. The van der Waals surface area contributed by atoms with Gasteiger partial charge in [-0.1, -0.05) is 12.1 Å². The second kappa shape index (κ2) is 8.17. The van der Waals surface area contributed by atoms with E-state index in [1.807, 2.05) is 0 Å². The number of carbonyl (C=O) groups is 3. The number of hydrogen-bond donors (Lipinski definition) is 1. The van der Waals surface area contributed by atoms with E-state index in [0.29, 0.717) is 30.8 Å². The molecule has 30 heavy (non-hydrogen) atoms. The molecule has 0 aliphatic carbocycles. The molecule has 3 amide bonds. The van der Waals surface area contributed by atoms with Gasteiger partial charge in [-0.25, -0.2) is 13.4 Å². The Morgan fingerprint density at radius 3 is 2.53 bits per heavy atom. The van der Waals surface area contributed by atoms with Crippen LogP contribution in [0.4, 0.5) is 5.69 Å². The second-order valence-corrected chi connectivity index (χ2v) is 10.1. The highest BCUT2D eigenvalue weighted by Gasteiger charge is 2.37. The summed E-state index contributed by atoms with van der Waals surface area (Å²) in [7, 11) is -3.18. The number of benzene rings is 1. The molecule has 10 heteroatoms. The van der Waals surface area contributed by atoms with Crippen molar-refractivity contribution >= 4 is 39.0 Å². The van der Waals surface area contributed by atoms with Gasteiger partial charge in [0, 0.05) is 25.9 Å². The molecule has 3 aliphatic heterocycles. The van der Waals surface area contributed by atoms with E-state index in [4.69, 9.17) is 0 Å². The highest BCUT2D eigenvalue weighted by atomic mass is 32.2. The lowest BCUT2D eigenvalue weighted by molar-refractivity contribution is -0.133. The zero-order valence-corrected chi connectivity index (χ0v) is 17.4. The van der Waals surface area contributed by atoms with Gasteiger partial charge in [0.2, 0.25) is 5.91 Å². The van der Waals surface area contributed by atoms with E-state index in [1.165, 1.54) is 0 Å². The molecule has 3 heterocycles. The fourth-order valence-electron chi connectivity index (χ4n) is 4.05. The molecule has 0 aromatic heterocycles. The minimum Gasteiger partial charge on any atom is -0.339 e. The monoisotopic (exact) mass is 432 g/mol. The van der Waals surface area contributed by atoms with Crippen molar-refractivity contribution in [2.75, 3.05) is 29.9 Å². The largest absolute Gasteiger partial charge is 0.339 e. The molecule has 2 fully saturated rings. The van der Waals surface area contributed by atoms with E-state index in [-0.39, 0.29) is 41.9 Å². The molecule has 160 valence electrons. The van der Waals surface area contributed by atoms with Crippen LogP contribution in [0.3, 0.4) is 0 Å². The number of carbonyl (C=O) groups excluding carboxylic acids is 3. The van der Waals surface area contributed by atoms with Gasteiger partial charge >= 0.3 is 0 Å². The maximum Gasteiger partial charge on any atom is 0.271 e. The fraction of sp³-hybridized carbons (Fsp3) is 0.500. The Labute approximate surface area is 175 Å². The highest BCUT2D eigenvalue weighted by Crippen LogP contribution is 2.24. The predicted molar refractivity (Wildman–Crippen MR) is 111 cm³/mol. The van der Waals surface area contributed by atoms with E-state index in [2.05, 4.69) is 10.4 Å². The van der Waals surface area contributed by atoms with Crippen LogP contribution in [0.5, 0.6) is 0 Å². The highest BCUT2D eigenvalue weighted by molar-refractivity contribution is 7.91. The van der Waals surface area contributed by atoms with E-state index in [1.54, 1.807) is 29.2 Å². The maximum atomic E-state index is 12.8. The molecule has 0 spiro atoms.